The maximum absolute atomic E-state index is 9.77. The second kappa shape index (κ2) is 19.9. The van der Waals surface area contributed by atoms with E-state index in [1.54, 1.807) is 11.8 Å². The van der Waals surface area contributed by atoms with Gasteiger partial charge in [0, 0.05) is 61.1 Å². The van der Waals surface area contributed by atoms with Crippen LogP contribution in [0.25, 0.3) is 0 Å². The topological polar surface area (TPSA) is 50.8 Å². The molecule has 0 spiro atoms. The molecular weight excluding hydrogens is 549 g/mol. The fraction of sp³-hybridized carbons (Fsp3) is 0.676. The monoisotopic (exact) mass is 610 g/mol. The van der Waals surface area contributed by atoms with E-state index >= 15 is 0 Å². The van der Waals surface area contributed by atoms with E-state index in [0.717, 1.165) is 61.7 Å². The largest absolute Gasteiger partial charge is 0.392 e. The van der Waals surface area contributed by atoms with Crippen LogP contribution in [0.15, 0.2) is 58.3 Å². The van der Waals surface area contributed by atoms with Gasteiger partial charge in [-0.1, -0.05) is 114 Å². The third-order valence-electron chi connectivity index (χ3n) is 9.17. The molecule has 0 radical (unpaired) electrons. The van der Waals surface area contributed by atoms with Crippen LogP contribution >= 0.6 is 11.8 Å². The first-order valence-electron chi connectivity index (χ1n) is 17.3. The van der Waals surface area contributed by atoms with Gasteiger partial charge >= 0.3 is 0 Å². The predicted octanol–water partition coefficient (Wildman–Crippen LogP) is 7.78. The first-order valence-corrected chi connectivity index (χ1v) is 18.1. The summed E-state index contributed by atoms with van der Waals surface area (Å²) < 4.78 is 0. The minimum atomic E-state index is 0.0680. The average Bonchev–Trinajstić information content (AvgIpc) is 3.01. The number of aliphatic hydroxyl groups excluding tert-OH is 1. The highest BCUT2D eigenvalue weighted by atomic mass is 32.2. The predicted molar refractivity (Wildman–Crippen MR) is 186 cm³/mol. The van der Waals surface area contributed by atoms with Gasteiger partial charge in [-0.3, -0.25) is 9.80 Å². The number of hydrogen-bond acceptors (Lipinski definition) is 6. The van der Waals surface area contributed by atoms with Crippen LogP contribution in [-0.2, 0) is 13.2 Å². The summed E-state index contributed by atoms with van der Waals surface area (Å²) in [6.07, 6.45) is 10.6. The quantitative estimate of drug-likeness (QED) is 0.126. The molecule has 1 fully saturated rings. The Morgan fingerprint density at radius 3 is 1.86 bits per heavy atom. The van der Waals surface area contributed by atoms with Gasteiger partial charge in [0.25, 0.3) is 0 Å². The molecule has 1 aliphatic rings. The average molecular weight is 611 g/mol. The summed E-state index contributed by atoms with van der Waals surface area (Å²) in [6.45, 7) is 20.5. The zero-order valence-electron chi connectivity index (χ0n) is 28.0. The summed E-state index contributed by atoms with van der Waals surface area (Å²) in [5.74, 6) is 1.60. The van der Waals surface area contributed by atoms with Crippen LogP contribution in [0.4, 0.5) is 0 Å². The van der Waals surface area contributed by atoms with Crippen molar-refractivity contribution in [2.24, 2.45) is 11.8 Å². The number of aliphatic hydroxyl groups is 1. The van der Waals surface area contributed by atoms with E-state index in [2.05, 4.69) is 85.4 Å². The Kier molecular flexibility index (Phi) is 16.7. The summed E-state index contributed by atoms with van der Waals surface area (Å²) in [5.41, 5.74) is 2.37. The summed E-state index contributed by atoms with van der Waals surface area (Å²) in [5, 5.41) is 17.5. The Morgan fingerprint density at radius 1 is 0.791 bits per heavy atom. The van der Waals surface area contributed by atoms with Crippen molar-refractivity contribution in [3.05, 3.63) is 59.7 Å². The van der Waals surface area contributed by atoms with Crippen molar-refractivity contribution in [2.75, 3.05) is 45.9 Å². The molecule has 2 aromatic rings. The lowest BCUT2D eigenvalue weighted by Gasteiger charge is -2.48. The standard InChI is InChI=1S/C37H62N4OS/c1-6-10-16-31(8-3)25-40-28-37(5,29-41(30-40)26-32(9-4)17-11-7-2)39-23-22-38-24-33-18-12-14-20-35(33)43-36-21-15-13-19-34(36)27-42/h12-15,18-21,31-32,38-39,42H,6-11,16-17,22-30H2,1-5H3. The van der Waals surface area contributed by atoms with Gasteiger partial charge in [-0.15, -0.1) is 0 Å². The SMILES string of the molecule is CCCCC(CC)CN1CN(CC(CC)CCCC)CC(C)(NCCNCc2ccccc2Sc2ccccc2CO)C1. The third kappa shape index (κ3) is 12.5. The number of nitrogens with zero attached hydrogens (tertiary/aromatic N) is 2. The summed E-state index contributed by atoms with van der Waals surface area (Å²) >= 11 is 1.75. The summed E-state index contributed by atoms with van der Waals surface area (Å²) in [4.78, 5) is 7.89. The van der Waals surface area contributed by atoms with Crippen molar-refractivity contribution in [3.8, 4) is 0 Å². The van der Waals surface area contributed by atoms with Crippen molar-refractivity contribution in [1.29, 1.82) is 0 Å². The maximum atomic E-state index is 9.77. The molecule has 43 heavy (non-hydrogen) atoms. The lowest BCUT2D eigenvalue weighted by atomic mass is 9.93. The molecule has 0 aromatic heterocycles. The molecule has 2 aromatic carbocycles. The normalized spacial score (nSPS) is 19.5. The lowest BCUT2D eigenvalue weighted by Crippen LogP contribution is -2.65. The van der Waals surface area contributed by atoms with Crippen LogP contribution in [0.1, 0.15) is 97.1 Å². The molecule has 0 bridgehead atoms. The van der Waals surface area contributed by atoms with Gasteiger partial charge in [-0.05, 0) is 54.9 Å². The molecule has 2 unspecified atom stereocenters. The minimum Gasteiger partial charge on any atom is -0.392 e. The summed E-state index contributed by atoms with van der Waals surface area (Å²) in [7, 11) is 0. The molecule has 1 heterocycles. The summed E-state index contributed by atoms with van der Waals surface area (Å²) in [6, 6.07) is 16.8. The molecular formula is C37H62N4OS. The first kappa shape index (κ1) is 36.1. The Hall–Kier alpha value is -1.41. The van der Waals surface area contributed by atoms with E-state index in [0.29, 0.717) is 0 Å². The maximum Gasteiger partial charge on any atom is 0.0692 e. The second-order valence-corrected chi connectivity index (χ2v) is 14.2. The van der Waals surface area contributed by atoms with Crippen LogP contribution in [0.3, 0.4) is 0 Å². The van der Waals surface area contributed by atoms with E-state index in [1.165, 1.54) is 74.9 Å². The molecule has 0 aliphatic carbocycles. The first-order chi connectivity index (χ1) is 20.9. The fourth-order valence-electron chi connectivity index (χ4n) is 6.62. The third-order valence-corrected chi connectivity index (χ3v) is 10.4. The Balaban J connectivity index is 1.57. The molecule has 0 amide bonds. The van der Waals surface area contributed by atoms with Crippen molar-refractivity contribution < 1.29 is 5.11 Å². The molecule has 3 N–H and O–H groups in total. The molecule has 6 heteroatoms. The van der Waals surface area contributed by atoms with Crippen LogP contribution in [-0.4, -0.2) is 66.4 Å². The van der Waals surface area contributed by atoms with E-state index in [-0.39, 0.29) is 12.1 Å². The van der Waals surface area contributed by atoms with E-state index in [9.17, 15) is 5.11 Å². The van der Waals surface area contributed by atoms with Gasteiger partial charge in [-0.2, -0.15) is 0 Å². The van der Waals surface area contributed by atoms with Gasteiger partial charge < -0.3 is 15.7 Å². The van der Waals surface area contributed by atoms with Crippen LogP contribution in [0.2, 0.25) is 0 Å². The van der Waals surface area contributed by atoms with Gasteiger partial charge in [0.15, 0.2) is 0 Å². The van der Waals surface area contributed by atoms with E-state index < -0.39 is 0 Å². The highest BCUT2D eigenvalue weighted by Gasteiger charge is 2.35. The molecule has 2 atom stereocenters. The van der Waals surface area contributed by atoms with Crippen LogP contribution in [0, 0.1) is 11.8 Å². The van der Waals surface area contributed by atoms with E-state index in [1.807, 2.05) is 18.2 Å². The number of rotatable bonds is 21. The molecule has 3 rings (SSSR count). The number of benzene rings is 2. The lowest BCUT2D eigenvalue weighted by molar-refractivity contribution is 0.00519. The van der Waals surface area contributed by atoms with Crippen molar-refractivity contribution in [2.45, 2.75) is 114 Å². The van der Waals surface area contributed by atoms with Crippen LogP contribution < -0.4 is 10.6 Å². The number of unbranched alkanes of at least 4 members (excludes halogenated alkanes) is 2. The van der Waals surface area contributed by atoms with Gasteiger partial charge in [0.05, 0.1) is 13.3 Å². The van der Waals surface area contributed by atoms with Gasteiger partial charge in [-0.25, -0.2) is 0 Å². The Labute approximate surface area is 268 Å². The molecule has 242 valence electrons. The van der Waals surface area contributed by atoms with Crippen LogP contribution in [0.5, 0.6) is 0 Å². The molecule has 1 saturated heterocycles. The van der Waals surface area contributed by atoms with Crippen molar-refractivity contribution >= 4 is 11.8 Å². The minimum absolute atomic E-state index is 0.0680. The second-order valence-electron chi connectivity index (χ2n) is 13.1. The Morgan fingerprint density at radius 2 is 1.33 bits per heavy atom. The van der Waals surface area contributed by atoms with Crippen molar-refractivity contribution in [1.82, 2.24) is 20.4 Å². The Bertz CT molecular complexity index is 1010. The number of hydrogen-bond donors (Lipinski definition) is 3. The molecule has 0 saturated carbocycles. The zero-order chi connectivity index (χ0) is 30.9. The zero-order valence-corrected chi connectivity index (χ0v) is 28.9. The fourth-order valence-corrected chi connectivity index (χ4v) is 7.68. The van der Waals surface area contributed by atoms with Gasteiger partial charge in [0.1, 0.15) is 0 Å². The highest BCUT2D eigenvalue weighted by molar-refractivity contribution is 7.99. The highest BCUT2D eigenvalue weighted by Crippen LogP contribution is 2.33. The smallest absolute Gasteiger partial charge is 0.0692 e. The molecule has 5 nitrogen and oxygen atoms in total. The van der Waals surface area contributed by atoms with Crippen molar-refractivity contribution in [3.63, 3.8) is 0 Å². The number of nitrogens with one attached hydrogen (secondary N) is 2. The van der Waals surface area contributed by atoms with Gasteiger partial charge in [0.2, 0.25) is 0 Å². The van der Waals surface area contributed by atoms with E-state index in [4.69, 9.17) is 0 Å². The molecule has 1 aliphatic heterocycles.